The van der Waals surface area contributed by atoms with Crippen molar-refractivity contribution in [2.24, 2.45) is 0 Å². The minimum atomic E-state index is -0.174. The summed E-state index contributed by atoms with van der Waals surface area (Å²) in [5.41, 5.74) is 0.905. The third kappa shape index (κ3) is 4.24. The van der Waals surface area contributed by atoms with Crippen LogP contribution >= 0.6 is 23.4 Å². The number of rotatable bonds is 6. The van der Waals surface area contributed by atoms with E-state index in [4.69, 9.17) is 16.3 Å². The van der Waals surface area contributed by atoms with Gasteiger partial charge < -0.3 is 4.74 Å². The number of nitrogens with zero attached hydrogens (tertiary/aromatic N) is 4. The fourth-order valence-electron chi connectivity index (χ4n) is 3.48. The summed E-state index contributed by atoms with van der Waals surface area (Å²) in [6.07, 6.45) is 3.33. The van der Waals surface area contributed by atoms with Crippen molar-refractivity contribution in [2.75, 3.05) is 18.9 Å². The second-order valence-corrected chi connectivity index (χ2v) is 8.27. The molecule has 2 aliphatic heterocycles. The van der Waals surface area contributed by atoms with Crippen LogP contribution in [0.1, 0.15) is 25.7 Å². The quantitative estimate of drug-likeness (QED) is 0.668. The highest BCUT2D eigenvalue weighted by Gasteiger charge is 2.27. The summed E-state index contributed by atoms with van der Waals surface area (Å²) in [5.74, 6) is 0.621. The molecule has 0 radical (unpaired) electrons. The van der Waals surface area contributed by atoms with E-state index in [0.29, 0.717) is 29.7 Å². The molecule has 2 aromatic rings. The van der Waals surface area contributed by atoms with Gasteiger partial charge in [-0.15, -0.1) is 10.2 Å². The fourth-order valence-corrected chi connectivity index (χ4v) is 4.43. The van der Waals surface area contributed by atoms with Crippen LogP contribution in [0, 0.1) is 0 Å². The molecule has 0 unspecified atom stereocenters. The molecule has 0 spiro atoms. The highest BCUT2D eigenvalue weighted by Crippen LogP contribution is 2.28. The van der Waals surface area contributed by atoms with Gasteiger partial charge in [0.05, 0.1) is 18.4 Å². The summed E-state index contributed by atoms with van der Waals surface area (Å²) in [5, 5.41) is 9.97. The van der Waals surface area contributed by atoms with Gasteiger partial charge in [-0.3, -0.25) is 19.1 Å². The number of carbonyl (C=O) groups excluding carboxylic acids is 2. The van der Waals surface area contributed by atoms with Gasteiger partial charge in [-0.05, 0) is 43.5 Å². The molecule has 0 aliphatic carbocycles. The molecule has 28 heavy (non-hydrogen) atoms. The lowest BCUT2D eigenvalue weighted by Crippen LogP contribution is -2.33. The molecule has 3 heterocycles. The van der Waals surface area contributed by atoms with Crippen molar-refractivity contribution in [3.8, 4) is 11.4 Å². The van der Waals surface area contributed by atoms with Gasteiger partial charge in [0.25, 0.3) is 0 Å². The number of ether oxygens (including phenoxy) is 1. The monoisotopic (exact) mass is 420 g/mol. The SMILES string of the molecule is O=C1CCCN1C(=O)CSc1nnc(-c2ccc(Cl)cc2)n1C[C@@H]1CCCO1. The molecule has 1 aromatic heterocycles. The first-order valence-electron chi connectivity index (χ1n) is 9.38. The molecule has 0 bridgehead atoms. The number of imide groups is 1. The standard InChI is InChI=1S/C19H21ClN4O3S/c20-14-7-5-13(6-8-14)18-21-22-19(24(18)11-15-3-2-10-27-15)28-12-17(26)23-9-1-4-16(23)25/h5-8,15H,1-4,9-12H2/t15-/m0/s1. The first kappa shape index (κ1) is 19.4. The van der Waals surface area contributed by atoms with Crippen LogP contribution in [0.3, 0.4) is 0 Å². The minimum absolute atomic E-state index is 0.0896. The van der Waals surface area contributed by atoms with E-state index < -0.39 is 0 Å². The normalized spacial score (nSPS) is 19.5. The average Bonchev–Trinajstić information content (AvgIpc) is 3.43. The highest BCUT2D eigenvalue weighted by atomic mass is 35.5. The Balaban J connectivity index is 1.54. The Kier molecular flexibility index (Phi) is 5.99. The molecule has 2 saturated heterocycles. The molecule has 0 saturated carbocycles. The fraction of sp³-hybridized carbons (Fsp3) is 0.474. The Morgan fingerprint density at radius 1 is 1.25 bits per heavy atom. The van der Waals surface area contributed by atoms with E-state index in [9.17, 15) is 9.59 Å². The lowest BCUT2D eigenvalue weighted by Gasteiger charge is -2.16. The van der Waals surface area contributed by atoms with Crippen molar-refractivity contribution in [2.45, 2.75) is 43.5 Å². The molecule has 2 amide bonds. The number of hydrogen-bond acceptors (Lipinski definition) is 6. The predicted octanol–water partition coefficient (Wildman–Crippen LogP) is 3.02. The number of carbonyl (C=O) groups is 2. The molecule has 0 N–H and O–H groups in total. The van der Waals surface area contributed by atoms with Crippen molar-refractivity contribution < 1.29 is 14.3 Å². The van der Waals surface area contributed by atoms with Gasteiger partial charge in [-0.2, -0.15) is 0 Å². The maximum absolute atomic E-state index is 12.4. The van der Waals surface area contributed by atoms with Gasteiger partial charge in [0.2, 0.25) is 11.8 Å². The van der Waals surface area contributed by atoms with Crippen LogP contribution in [0.4, 0.5) is 0 Å². The maximum atomic E-state index is 12.4. The van der Waals surface area contributed by atoms with E-state index in [1.165, 1.54) is 16.7 Å². The predicted molar refractivity (Wildman–Crippen MR) is 106 cm³/mol. The second kappa shape index (κ2) is 8.63. The number of benzene rings is 1. The van der Waals surface area contributed by atoms with Crippen LogP contribution < -0.4 is 0 Å². The van der Waals surface area contributed by atoms with Crippen LogP contribution in [-0.2, 0) is 20.9 Å². The summed E-state index contributed by atoms with van der Waals surface area (Å²) < 4.78 is 7.79. The van der Waals surface area contributed by atoms with Crippen molar-refractivity contribution >= 4 is 35.2 Å². The summed E-state index contributed by atoms with van der Waals surface area (Å²) >= 11 is 7.31. The Morgan fingerprint density at radius 3 is 2.75 bits per heavy atom. The van der Waals surface area contributed by atoms with Crippen molar-refractivity contribution in [3.63, 3.8) is 0 Å². The molecule has 4 rings (SSSR count). The van der Waals surface area contributed by atoms with E-state index in [0.717, 1.165) is 37.3 Å². The third-order valence-electron chi connectivity index (χ3n) is 4.93. The summed E-state index contributed by atoms with van der Waals surface area (Å²) in [6, 6.07) is 7.44. The Morgan fingerprint density at radius 2 is 2.07 bits per heavy atom. The maximum Gasteiger partial charge on any atom is 0.239 e. The van der Waals surface area contributed by atoms with Crippen molar-refractivity contribution in [1.29, 1.82) is 0 Å². The first-order valence-corrected chi connectivity index (χ1v) is 10.7. The van der Waals surface area contributed by atoms with Gasteiger partial charge in [-0.25, -0.2) is 0 Å². The van der Waals surface area contributed by atoms with Gasteiger partial charge in [0.15, 0.2) is 11.0 Å². The molecule has 2 fully saturated rings. The van der Waals surface area contributed by atoms with Crippen LogP contribution in [0.25, 0.3) is 11.4 Å². The lowest BCUT2D eigenvalue weighted by atomic mass is 10.2. The van der Waals surface area contributed by atoms with E-state index >= 15 is 0 Å². The molecular weight excluding hydrogens is 400 g/mol. The van der Waals surface area contributed by atoms with Gasteiger partial charge in [-0.1, -0.05) is 23.4 Å². The van der Waals surface area contributed by atoms with Crippen molar-refractivity contribution in [3.05, 3.63) is 29.3 Å². The second-order valence-electron chi connectivity index (χ2n) is 6.89. The molecule has 148 valence electrons. The highest BCUT2D eigenvalue weighted by molar-refractivity contribution is 7.99. The molecule has 9 heteroatoms. The Bertz CT molecular complexity index is 865. The summed E-state index contributed by atoms with van der Waals surface area (Å²) in [4.78, 5) is 25.5. The van der Waals surface area contributed by atoms with Crippen LogP contribution in [0.15, 0.2) is 29.4 Å². The molecule has 1 atom stereocenters. The number of likely N-dealkylation sites (tertiary alicyclic amines) is 1. The van der Waals surface area contributed by atoms with Crippen LogP contribution in [-0.4, -0.2) is 56.5 Å². The van der Waals surface area contributed by atoms with E-state index in [2.05, 4.69) is 10.2 Å². The number of thioether (sulfide) groups is 1. The van der Waals surface area contributed by atoms with Crippen molar-refractivity contribution in [1.82, 2.24) is 19.7 Å². The topological polar surface area (TPSA) is 77.3 Å². The van der Waals surface area contributed by atoms with Gasteiger partial charge in [0.1, 0.15) is 0 Å². The smallest absolute Gasteiger partial charge is 0.239 e. The largest absolute Gasteiger partial charge is 0.376 e. The molecular formula is C19H21ClN4O3S. The Labute approximate surface area is 172 Å². The number of halogens is 1. The van der Waals surface area contributed by atoms with Crippen LogP contribution in [0.2, 0.25) is 5.02 Å². The zero-order valence-corrected chi connectivity index (χ0v) is 16.9. The zero-order chi connectivity index (χ0) is 19.5. The average molecular weight is 421 g/mol. The van der Waals surface area contributed by atoms with E-state index in [1.807, 2.05) is 28.8 Å². The number of aromatic nitrogens is 3. The van der Waals surface area contributed by atoms with Gasteiger partial charge in [0, 0.05) is 30.2 Å². The molecule has 1 aromatic carbocycles. The minimum Gasteiger partial charge on any atom is -0.376 e. The molecule has 7 nitrogen and oxygen atoms in total. The lowest BCUT2D eigenvalue weighted by molar-refractivity contribution is -0.140. The van der Waals surface area contributed by atoms with E-state index in [-0.39, 0.29) is 23.7 Å². The zero-order valence-electron chi connectivity index (χ0n) is 15.3. The Hall–Kier alpha value is -1.90. The molecule has 2 aliphatic rings. The van der Waals surface area contributed by atoms with E-state index in [1.54, 1.807) is 0 Å². The number of hydrogen-bond donors (Lipinski definition) is 0. The van der Waals surface area contributed by atoms with Crippen LogP contribution in [0.5, 0.6) is 0 Å². The summed E-state index contributed by atoms with van der Waals surface area (Å²) in [6.45, 7) is 1.90. The number of amides is 2. The van der Waals surface area contributed by atoms with Gasteiger partial charge >= 0.3 is 0 Å². The third-order valence-corrected chi connectivity index (χ3v) is 6.13. The first-order chi connectivity index (χ1) is 13.6. The summed E-state index contributed by atoms with van der Waals surface area (Å²) in [7, 11) is 0.